The number of alkyl halides is 3. The van der Waals surface area contributed by atoms with Crippen LogP contribution in [0.25, 0.3) is 0 Å². The summed E-state index contributed by atoms with van der Waals surface area (Å²) >= 11 is -0.0599. The Kier molecular flexibility index (Phi) is 6.24. The lowest BCUT2D eigenvalue weighted by Crippen LogP contribution is -2.55. The monoisotopic (exact) mass is 286 g/mol. The lowest BCUT2D eigenvalue weighted by molar-refractivity contribution is -0.150. The summed E-state index contributed by atoms with van der Waals surface area (Å²) in [5.41, 5.74) is -4.21. The predicted molar refractivity (Wildman–Crippen MR) is 63.4 cm³/mol. The zero-order chi connectivity index (χ0) is 13.6. The zero-order valence-corrected chi connectivity index (χ0v) is 10.9. The van der Waals surface area contributed by atoms with Crippen molar-refractivity contribution in [3.63, 3.8) is 0 Å². The second-order valence-electron chi connectivity index (χ2n) is 3.80. The average molecular weight is 286 g/mol. The van der Waals surface area contributed by atoms with Crippen molar-refractivity contribution >= 4 is 17.7 Å². The summed E-state index contributed by atoms with van der Waals surface area (Å²) in [5, 5.41) is 3.04. The number of esters is 1. The molecule has 0 radical (unpaired) electrons. The Bertz CT molecular complexity index is 276. The zero-order valence-electron chi connectivity index (χ0n) is 10.1. The molecule has 1 unspecified atom stereocenters. The van der Waals surface area contributed by atoms with Crippen LogP contribution in [0.1, 0.15) is 6.92 Å². The van der Waals surface area contributed by atoms with E-state index in [1.54, 1.807) is 11.8 Å². The van der Waals surface area contributed by atoms with Gasteiger partial charge in [-0.05, 0) is 18.7 Å². The van der Waals surface area contributed by atoms with Gasteiger partial charge in [0.2, 0.25) is 0 Å². The summed E-state index contributed by atoms with van der Waals surface area (Å²) in [4.78, 5) is 13.4. The van der Waals surface area contributed by atoms with E-state index in [0.29, 0.717) is 19.6 Å². The Labute approximate surface area is 108 Å². The molecule has 0 aromatic carbocycles. The van der Waals surface area contributed by atoms with Gasteiger partial charge in [0.1, 0.15) is 6.04 Å². The van der Waals surface area contributed by atoms with Crippen molar-refractivity contribution in [3.8, 4) is 0 Å². The Morgan fingerprint density at radius 3 is 2.89 bits per heavy atom. The van der Waals surface area contributed by atoms with Gasteiger partial charge in [0.25, 0.3) is 0 Å². The van der Waals surface area contributed by atoms with E-state index in [1.807, 2.05) is 0 Å². The van der Waals surface area contributed by atoms with E-state index in [1.165, 1.54) is 0 Å². The summed E-state index contributed by atoms with van der Waals surface area (Å²) in [6.07, 6.45) is 0. The Balaban J connectivity index is 2.42. The average Bonchev–Trinajstić information content (AvgIpc) is 2.28. The smallest absolute Gasteiger partial charge is 0.441 e. The summed E-state index contributed by atoms with van der Waals surface area (Å²) in [6, 6.07) is -0.479. The molecule has 1 N–H and O–H groups in total. The van der Waals surface area contributed by atoms with E-state index in [0.717, 1.165) is 0 Å². The van der Waals surface area contributed by atoms with Crippen LogP contribution >= 0.6 is 11.8 Å². The molecule has 1 atom stereocenters. The number of carbonyl (C=O) groups is 1. The highest BCUT2D eigenvalue weighted by molar-refractivity contribution is 8.00. The summed E-state index contributed by atoms with van der Waals surface area (Å²) in [6.45, 7) is 3.87. The third-order valence-electron chi connectivity index (χ3n) is 2.56. The van der Waals surface area contributed by atoms with Gasteiger partial charge in [-0.1, -0.05) is 0 Å². The van der Waals surface area contributed by atoms with Crippen molar-refractivity contribution in [2.45, 2.75) is 18.5 Å². The molecule has 0 aromatic heterocycles. The minimum Gasteiger partial charge on any atom is -0.465 e. The number of thioether (sulfide) groups is 1. The van der Waals surface area contributed by atoms with Crippen LogP contribution in [-0.4, -0.2) is 61.0 Å². The first kappa shape index (κ1) is 15.6. The van der Waals surface area contributed by atoms with Crippen molar-refractivity contribution in [2.75, 3.05) is 38.5 Å². The van der Waals surface area contributed by atoms with Crippen LogP contribution in [0, 0.1) is 0 Å². The first-order valence-electron chi connectivity index (χ1n) is 5.76. The maximum atomic E-state index is 12.0. The molecular formula is C10H17F3N2O2S. The van der Waals surface area contributed by atoms with Gasteiger partial charge >= 0.3 is 11.5 Å². The van der Waals surface area contributed by atoms with E-state index < -0.39 is 11.6 Å². The number of piperazine rings is 1. The SMILES string of the molecule is CCOC(=O)C1CNCCN1CCSC(F)(F)F. The first-order chi connectivity index (χ1) is 8.44. The molecule has 106 valence electrons. The lowest BCUT2D eigenvalue weighted by atomic mass is 10.2. The molecule has 1 rings (SSSR count). The molecule has 1 aliphatic rings. The molecule has 0 spiro atoms. The van der Waals surface area contributed by atoms with E-state index in [4.69, 9.17) is 4.74 Å². The Morgan fingerprint density at radius 1 is 1.56 bits per heavy atom. The molecule has 1 aliphatic heterocycles. The van der Waals surface area contributed by atoms with Gasteiger partial charge in [-0.15, -0.1) is 0 Å². The largest absolute Gasteiger partial charge is 0.465 e. The molecule has 0 aliphatic carbocycles. The minimum absolute atomic E-state index is 0.0599. The minimum atomic E-state index is -4.21. The van der Waals surface area contributed by atoms with Gasteiger partial charge in [-0.25, -0.2) is 0 Å². The van der Waals surface area contributed by atoms with Crippen molar-refractivity contribution in [2.24, 2.45) is 0 Å². The van der Waals surface area contributed by atoms with E-state index >= 15 is 0 Å². The van der Waals surface area contributed by atoms with E-state index in [2.05, 4.69) is 5.32 Å². The fourth-order valence-electron chi connectivity index (χ4n) is 1.76. The number of halogens is 3. The van der Waals surface area contributed by atoms with Gasteiger partial charge in [-0.3, -0.25) is 9.69 Å². The number of rotatable bonds is 5. The van der Waals surface area contributed by atoms with Crippen LogP contribution in [0.5, 0.6) is 0 Å². The number of carbonyl (C=O) groups excluding carboxylic acids is 1. The fraction of sp³-hybridized carbons (Fsp3) is 0.900. The highest BCUT2D eigenvalue weighted by Crippen LogP contribution is 2.30. The molecule has 0 aromatic rings. The van der Waals surface area contributed by atoms with Crippen molar-refractivity contribution < 1.29 is 22.7 Å². The van der Waals surface area contributed by atoms with E-state index in [9.17, 15) is 18.0 Å². The van der Waals surface area contributed by atoms with Crippen LogP contribution in [0.4, 0.5) is 13.2 Å². The molecule has 18 heavy (non-hydrogen) atoms. The predicted octanol–water partition coefficient (Wildman–Crippen LogP) is 1.08. The van der Waals surface area contributed by atoms with Crippen LogP contribution in [0.2, 0.25) is 0 Å². The number of ether oxygens (including phenoxy) is 1. The molecule has 0 bridgehead atoms. The first-order valence-corrected chi connectivity index (χ1v) is 6.74. The normalized spacial score (nSPS) is 21.9. The summed E-state index contributed by atoms with van der Waals surface area (Å²) in [5.74, 6) is -0.443. The molecular weight excluding hydrogens is 269 g/mol. The van der Waals surface area contributed by atoms with Gasteiger partial charge in [0.15, 0.2) is 0 Å². The highest BCUT2D eigenvalue weighted by atomic mass is 32.2. The van der Waals surface area contributed by atoms with Crippen molar-refractivity contribution in [1.29, 1.82) is 0 Å². The molecule has 4 nitrogen and oxygen atoms in total. The molecule has 8 heteroatoms. The quantitative estimate of drug-likeness (QED) is 0.766. The molecule has 0 saturated carbocycles. The summed E-state index contributed by atoms with van der Waals surface area (Å²) in [7, 11) is 0. The lowest BCUT2D eigenvalue weighted by Gasteiger charge is -2.34. The molecule has 1 fully saturated rings. The second kappa shape index (κ2) is 7.20. The van der Waals surface area contributed by atoms with Crippen molar-refractivity contribution in [1.82, 2.24) is 10.2 Å². The third kappa shape index (κ3) is 5.45. The van der Waals surface area contributed by atoms with Crippen LogP contribution in [-0.2, 0) is 9.53 Å². The maximum Gasteiger partial charge on any atom is 0.441 e. The number of nitrogens with zero attached hydrogens (tertiary/aromatic N) is 1. The number of hydrogen-bond acceptors (Lipinski definition) is 5. The third-order valence-corrected chi connectivity index (χ3v) is 3.27. The highest BCUT2D eigenvalue weighted by Gasteiger charge is 2.32. The van der Waals surface area contributed by atoms with Crippen LogP contribution in [0.15, 0.2) is 0 Å². The topological polar surface area (TPSA) is 41.6 Å². The Morgan fingerprint density at radius 2 is 2.28 bits per heavy atom. The molecule has 1 heterocycles. The summed E-state index contributed by atoms with van der Waals surface area (Å²) < 4.78 is 41.0. The van der Waals surface area contributed by atoms with Crippen LogP contribution < -0.4 is 5.32 Å². The standard InChI is InChI=1S/C10H17F3N2O2S/c1-2-17-9(16)8-7-14-3-4-15(8)5-6-18-10(11,12)13/h8,14H,2-7H2,1H3. The van der Waals surface area contributed by atoms with Gasteiger partial charge < -0.3 is 10.1 Å². The second-order valence-corrected chi connectivity index (χ2v) is 4.96. The number of nitrogens with one attached hydrogen (secondary N) is 1. The molecule has 0 amide bonds. The van der Waals surface area contributed by atoms with Gasteiger partial charge in [0.05, 0.1) is 6.61 Å². The molecule has 1 saturated heterocycles. The van der Waals surface area contributed by atoms with Crippen LogP contribution in [0.3, 0.4) is 0 Å². The van der Waals surface area contributed by atoms with Gasteiger partial charge in [-0.2, -0.15) is 13.2 Å². The number of hydrogen-bond donors (Lipinski definition) is 1. The van der Waals surface area contributed by atoms with Gasteiger partial charge in [0, 0.05) is 31.9 Å². The van der Waals surface area contributed by atoms with Crippen molar-refractivity contribution in [3.05, 3.63) is 0 Å². The maximum absolute atomic E-state index is 12.0. The fourth-order valence-corrected chi connectivity index (χ4v) is 2.32. The van der Waals surface area contributed by atoms with E-state index in [-0.39, 0.29) is 36.6 Å². The Hall–Kier alpha value is -0.470.